The molecule has 28 heavy (non-hydrogen) atoms. The Labute approximate surface area is 166 Å². The number of para-hydroxylation sites is 1. The molecule has 154 valence electrons. The van der Waals surface area contributed by atoms with E-state index in [1.807, 2.05) is 32.9 Å². The topological polar surface area (TPSA) is 109 Å². The molecule has 0 saturated heterocycles. The van der Waals surface area contributed by atoms with Gasteiger partial charge in [0.15, 0.2) is 5.96 Å². The average Bonchev–Trinajstić information content (AvgIpc) is 3.05. The number of benzene rings is 1. The number of rotatable bonds is 9. The molecule has 0 unspecified atom stereocenters. The summed E-state index contributed by atoms with van der Waals surface area (Å²) in [4.78, 5) is 4.59. The van der Waals surface area contributed by atoms with Crippen LogP contribution >= 0.6 is 0 Å². The van der Waals surface area contributed by atoms with E-state index in [4.69, 9.17) is 4.52 Å². The number of guanidine groups is 1. The summed E-state index contributed by atoms with van der Waals surface area (Å²) in [5.74, 6) is 1.52. The predicted molar refractivity (Wildman–Crippen MR) is 112 cm³/mol. The zero-order chi connectivity index (χ0) is 20.6. The summed E-state index contributed by atoms with van der Waals surface area (Å²) in [7, 11) is -3.35. The molecule has 9 heteroatoms. The first-order chi connectivity index (χ1) is 13.4. The van der Waals surface area contributed by atoms with E-state index < -0.39 is 10.0 Å². The van der Waals surface area contributed by atoms with Gasteiger partial charge in [-0.1, -0.05) is 37.2 Å². The standard InChI is InChI=1S/C19H29N5O3S/c1-5-16-15(18(6-2)27-23-16)13-22-19(20-7-3)21-12-14-10-8-9-11-17(14)24-28(4,25)26/h8-11,24H,5-7,12-13H2,1-4H3,(H2,20,21,22). The van der Waals surface area contributed by atoms with Crippen molar-refractivity contribution in [3.63, 3.8) is 0 Å². The van der Waals surface area contributed by atoms with Gasteiger partial charge in [0.25, 0.3) is 0 Å². The van der Waals surface area contributed by atoms with Crippen LogP contribution in [0.3, 0.4) is 0 Å². The Kier molecular flexibility index (Phi) is 7.86. The molecule has 1 aromatic heterocycles. The molecule has 0 amide bonds. The third-order valence-corrected chi connectivity index (χ3v) is 4.69. The Morgan fingerprint density at radius 2 is 1.89 bits per heavy atom. The highest BCUT2D eigenvalue weighted by molar-refractivity contribution is 7.92. The lowest BCUT2D eigenvalue weighted by Gasteiger charge is -2.13. The monoisotopic (exact) mass is 407 g/mol. The fraction of sp³-hybridized carbons (Fsp3) is 0.474. The maximum atomic E-state index is 11.6. The van der Waals surface area contributed by atoms with E-state index in [0.29, 0.717) is 31.3 Å². The minimum atomic E-state index is -3.35. The summed E-state index contributed by atoms with van der Waals surface area (Å²) < 4.78 is 31.1. The van der Waals surface area contributed by atoms with E-state index in [9.17, 15) is 8.42 Å². The number of anilines is 1. The number of nitrogens with one attached hydrogen (secondary N) is 3. The summed E-state index contributed by atoms with van der Waals surface area (Å²) in [6.45, 7) is 7.68. The molecule has 0 bridgehead atoms. The molecule has 2 aromatic rings. The lowest BCUT2D eigenvalue weighted by molar-refractivity contribution is 0.380. The second-order valence-corrected chi connectivity index (χ2v) is 8.07. The summed E-state index contributed by atoms with van der Waals surface area (Å²) in [5, 5.41) is 10.6. The Balaban J connectivity index is 2.15. The number of aryl methyl sites for hydroxylation is 2. The molecule has 3 N–H and O–H groups in total. The van der Waals surface area contributed by atoms with Gasteiger partial charge in [0.05, 0.1) is 24.2 Å². The molecule has 8 nitrogen and oxygen atoms in total. The van der Waals surface area contributed by atoms with Gasteiger partial charge in [-0.15, -0.1) is 0 Å². The Morgan fingerprint density at radius 1 is 1.14 bits per heavy atom. The van der Waals surface area contributed by atoms with Crippen LogP contribution in [-0.2, 0) is 36.0 Å². The third-order valence-electron chi connectivity index (χ3n) is 4.10. The normalized spacial score (nSPS) is 12.1. The Bertz CT molecular complexity index is 885. The van der Waals surface area contributed by atoms with Crippen molar-refractivity contribution in [1.82, 2.24) is 15.8 Å². The van der Waals surface area contributed by atoms with Crippen LogP contribution in [0.25, 0.3) is 0 Å². The van der Waals surface area contributed by atoms with E-state index in [2.05, 4.69) is 25.5 Å². The van der Waals surface area contributed by atoms with E-state index in [0.717, 1.165) is 41.7 Å². The highest BCUT2D eigenvalue weighted by Gasteiger charge is 2.14. The number of nitrogens with zero attached hydrogens (tertiary/aromatic N) is 2. The van der Waals surface area contributed by atoms with Crippen molar-refractivity contribution in [3.8, 4) is 0 Å². The summed E-state index contributed by atoms with van der Waals surface area (Å²) >= 11 is 0. The number of hydrogen-bond donors (Lipinski definition) is 3. The van der Waals surface area contributed by atoms with Gasteiger partial charge in [0, 0.05) is 25.1 Å². The van der Waals surface area contributed by atoms with Crippen LogP contribution in [0.4, 0.5) is 5.69 Å². The average molecular weight is 408 g/mol. The van der Waals surface area contributed by atoms with Crippen molar-refractivity contribution < 1.29 is 12.9 Å². The molecule has 1 heterocycles. The molecule has 0 aliphatic carbocycles. The zero-order valence-electron chi connectivity index (χ0n) is 16.9. The van der Waals surface area contributed by atoms with Gasteiger partial charge in [0.2, 0.25) is 10.0 Å². The highest BCUT2D eigenvalue weighted by Crippen LogP contribution is 2.18. The Hall–Kier alpha value is -2.55. The SMILES string of the molecule is CCNC(=NCc1ccccc1NS(C)(=O)=O)NCc1c(CC)noc1CC. The fourth-order valence-electron chi connectivity index (χ4n) is 2.77. The first-order valence-electron chi connectivity index (χ1n) is 9.42. The van der Waals surface area contributed by atoms with Crippen LogP contribution in [-0.4, -0.2) is 32.3 Å². The van der Waals surface area contributed by atoms with E-state index in [1.54, 1.807) is 12.1 Å². The molecule has 2 rings (SSSR count). The van der Waals surface area contributed by atoms with Gasteiger partial charge in [-0.25, -0.2) is 13.4 Å². The van der Waals surface area contributed by atoms with Crippen molar-refractivity contribution >= 4 is 21.7 Å². The largest absolute Gasteiger partial charge is 0.361 e. The number of aromatic nitrogens is 1. The van der Waals surface area contributed by atoms with Crippen molar-refractivity contribution in [1.29, 1.82) is 0 Å². The van der Waals surface area contributed by atoms with Gasteiger partial charge in [-0.2, -0.15) is 0 Å². The van der Waals surface area contributed by atoms with Crippen LogP contribution in [0.15, 0.2) is 33.8 Å². The second-order valence-electron chi connectivity index (χ2n) is 6.32. The molecule has 0 aliphatic rings. The van der Waals surface area contributed by atoms with Crippen LogP contribution in [0, 0.1) is 0 Å². The zero-order valence-corrected chi connectivity index (χ0v) is 17.7. The molecule has 0 fully saturated rings. The third kappa shape index (κ3) is 6.26. The summed E-state index contributed by atoms with van der Waals surface area (Å²) in [6.07, 6.45) is 2.72. The molecule has 0 spiro atoms. The van der Waals surface area contributed by atoms with Gasteiger partial charge in [-0.05, 0) is 25.0 Å². The predicted octanol–water partition coefficient (Wildman–Crippen LogP) is 2.43. The molecule has 0 aliphatic heterocycles. The van der Waals surface area contributed by atoms with Crippen molar-refractivity contribution in [3.05, 3.63) is 46.8 Å². The molecule has 0 saturated carbocycles. The van der Waals surface area contributed by atoms with Crippen LogP contribution < -0.4 is 15.4 Å². The highest BCUT2D eigenvalue weighted by atomic mass is 32.2. The van der Waals surface area contributed by atoms with Gasteiger partial charge < -0.3 is 15.2 Å². The quantitative estimate of drug-likeness (QED) is 0.435. The minimum absolute atomic E-state index is 0.332. The molecular formula is C19H29N5O3S. The molecular weight excluding hydrogens is 378 g/mol. The number of hydrogen-bond acceptors (Lipinski definition) is 5. The maximum absolute atomic E-state index is 11.6. The summed E-state index contributed by atoms with van der Waals surface area (Å²) in [5.41, 5.74) is 3.33. The first-order valence-corrected chi connectivity index (χ1v) is 11.3. The van der Waals surface area contributed by atoms with E-state index >= 15 is 0 Å². The smallest absolute Gasteiger partial charge is 0.229 e. The fourth-order valence-corrected chi connectivity index (χ4v) is 3.37. The number of aliphatic imine (C=N–C) groups is 1. The molecule has 0 radical (unpaired) electrons. The van der Waals surface area contributed by atoms with Gasteiger partial charge >= 0.3 is 0 Å². The second kappa shape index (κ2) is 10.1. The number of sulfonamides is 1. The van der Waals surface area contributed by atoms with Gasteiger partial charge in [0.1, 0.15) is 5.76 Å². The van der Waals surface area contributed by atoms with Crippen LogP contribution in [0.5, 0.6) is 0 Å². The van der Waals surface area contributed by atoms with Crippen LogP contribution in [0.2, 0.25) is 0 Å². The molecule has 1 aromatic carbocycles. The molecule has 0 atom stereocenters. The van der Waals surface area contributed by atoms with Crippen molar-refractivity contribution in [2.45, 2.75) is 46.7 Å². The Morgan fingerprint density at radius 3 is 2.54 bits per heavy atom. The van der Waals surface area contributed by atoms with Crippen molar-refractivity contribution in [2.24, 2.45) is 4.99 Å². The van der Waals surface area contributed by atoms with Crippen molar-refractivity contribution in [2.75, 3.05) is 17.5 Å². The minimum Gasteiger partial charge on any atom is -0.361 e. The van der Waals surface area contributed by atoms with E-state index in [1.165, 1.54) is 0 Å². The summed E-state index contributed by atoms with van der Waals surface area (Å²) in [6, 6.07) is 7.22. The van der Waals surface area contributed by atoms with Crippen LogP contribution in [0.1, 0.15) is 43.4 Å². The van der Waals surface area contributed by atoms with E-state index in [-0.39, 0.29) is 0 Å². The first kappa shape index (κ1) is 21.7. The maximum Gasteiger partial charge on any atom is 0.229 e. The van der Waals surface area contributed by atoms with Gasteiger partial charge in [-0.3, -0.25) is 4.72 Å². The lowest BCUT2D eigenvalue weighted by Crippen LogP contribution is -2.37. The lowest BCUT2D eigenvalue weighted by atomic mass is 10.1.